The SMILES string of the molecule is O=C(COC(=O)[C@H]1CC(=O)N(Cc2ccccc2Cl)C1)NCC(F)(F)F. The van der Waals surface area contributed by atoms with Gasteiger partial charge in [0.15, 0.2) is 6.61 Å². The third kappa shape index (κ3) is 5.91. The number of benzene rings is 1. The van der Waals surface area contributed by atoms with Crippen molar-refractivity contribution in [2.45, 2.75) is 19.1 Å². The van der Waals surface area contributed by atoms with Crippen molar-refractivity contribution in [2.24, 2.45) is 5.92 Å². The van der Waals surface area contributed by atoms with Crippen molar-refractivity contribution in [3.05, 3.63) is 34.9 Å². The molecule has 0 saturated carbocycles. The van der Waals surface area contributed by atoms with Gasteiger partial charge in [-0.15, -0.1) is 0 Å². The predicted octanol–water partition coefficient (Wildman–Crippen LogP) is 1.91. The summed E-state index contributed by atoms with van der Waals surface area (Å²) in [5.74, 6) is -2.91. The maximum atomic E-state index is 12.0. The molecule has 0 bridgehead atoms. The van der Waals surface area contributed by atoms with Gasteiger partial charge in [-0.1, -0.05) is 29.8 Å². The Bertz CT molecular complexity index is 696. The van der Waals surface area contributed by atoms with Gasteiger partial charge < -0.3 is 15.0 Å². The number of esters is 1. The zero-order valence-electron chi connectivity index (χ0n) is 13.5. The van der Waals surface area contributed by atoms with Crippen LogP contribution >= 0.6 is 11.6 Å². The molecule has 1 heterocycles. The largest absolute Gasteiger partial charge is 0.455 e. The summed E-state index contributed by atoms with van der Waals surface area (Å²) >= 11 is 6.04. The Morgan fingerprint density at radius 1 is 1.31 bits per heavy atom. The first-order valence-electron chi connectivity index (χ1n) is 7.67. The van der Waals surface area contributed by atoms with Crippen molar-refractivity contribution in [1.82, 2.24) is 10.2 Å². The summed E-state index contributed by atoms with van der Waals surface area (Å²) in [4.78, 5) is 36.6. The fourth-order valence-corrected chi connectivity index (χ4v) is 2.61. The number of likely N-dealkylation sites (tertiary alicyclic amines) is 1. The summed E-state index contributed by atoms with van der Waals surface area (Å²) in [6.45, 7) is -2.01. The normalized spacial score (nSPS) is 17.3. The van der Waals surface area contributed by atoms with Crippen molar-refractivity contribution in [3.63, 3.8) is 0 Å². The van der Waals surface area contributed by atoms with Crippen LogP contribution in [0.2, 0.25) is 5.02 Å². The minimum atomic E-state index is -4.54. The summed E-state index contributed by atoms with van der Waals surface area (Å²) in [5, 5.41) is 2.09. The number of alkyl halides is 3. The lowest BCUT2D eigenvalue weighted by Crippen LogP contribution is -2.37. The fraction of sp³-hybridized carbons (Fsp3) is 0.438. The second-order valence-corrected chi connectivity index (χ2v) is 6.17. The molecule has 1 aromatic rings. The van der Waals surface area contributed by atoms with E-state index in [9.17, 15) is 27.6 Å². The molecule has 6 nitrogen and oxygen atoms in total. The molecule has 10 heteroatoms. The van der Waals surface area contributed by atoms with Crippen molar-refractivity contribution >= 4 is 29.4 Å². The molecule has 0 spiro atoms. The Hall–Kier alpha value is -2.29. The van der Waals surface area contributed by atoms with Crippen LogP contribution in [-0.4, -0.2) is 48.6 Å². The van der Waals surface area contributed by atoms with Crippen molar-refractivity contribution < 1.29 is 32.3 Å². The van der Waals surface area contributed by atoms with E-state index in [2.05, 4.69) is 0 Å². The highest BCUT2D eigenvalue weighted by Gasteiger charge is 2.36. The van der Waals surface area contributed by atoms with Crippen LogP contribution < -0.4 is 5.32 Å². The quantitative estimate of drug-likeness (QED) is 0.750. The summed E-state index contributed by atoms with van der Waals surface area (Å²) in [6.07, 6.45) is -4.63. The van der Waals surface area contributed by atoms with Crippen LogP contribution in [-0.2, 0) is 25.7 Å². The molecule has 1 N–H and O–H groups in total. The molecular formula is C16H16ClF3N2O4. The molecule has 1 aromatic carbocycles. The molecule has 0 radical (unpaired) electrons. The molecule has 1 saturated heterocycles. The van der Waals surface area contributed by atoms with Crippen LogP contribution in [0, 0.1) is 5.92 Å². The molecule has 0 aliphatic carbocycles. The molecule has 1 atom stereocenters. The summed E-state index contributed by atoms with van der Waals surface area (Å²) < 4.78 is 40.6. The summed E-state index contributed by atoms with van der Waals surface area (Å²) in [5.41, 5.74) is 0.725. The van der Waals surface area contributed by atoms with E-state index in [0.717, 1.165) is 5.56 Å². The number of hydrogen-bond acceptors (Lipinski definition) is 4. The van der Waals surface area contributed by atoms with E-state index in [1.54, 1.807) is 29.6 Å². The Morgan fingerprint density at radius 2 is 2.00 bits per heavy atom. The predicted molar refractivity (Wildman–Crippen MR) is 85.0 cm³/mol. The lowest BCUT2D eigenvalue weighted by molar-refractivity contribution is -0.154. The first kappa shape index (κ1) is 20.0. The Morgan fingerprint density at radius 3 is 2.65 bits per heavy atom. The van der Waals surface area contributed by atoms with Gasteiger partial charge in [-0.25, -0.2) is 0 Å². The first-order valence-corrected chi connectivity index (χ1v) is 8.05. The van der Waals surface area contributed by atoms with Gasteiger partial charge in [0, 0.05) is 24.5 Å². The topological polar surface area (TPSA) is 75.7 Å². The van der Waals surface area contributed by atoms with E-state index in [-0.39, 0.29) is 25.4 Å². The van der Waals surface area contributed by atoms with E-state index >= 15 is 0 Å². The number of rotatable bonds is 6. The zero-order valence-corrected chi connectivity index (χ0v) is 14.3. The summed E-state index contributed by atoms with van der Waals surface area (Å²) in [6, 6.07) is 6.96. The molecule has 0 aromatic heterocycles. The van der Waals surface area contributed by atoms with Gasteiger partial charge in [0.1, 0.15) is 6.54 Å². The van der Waals surface area contributed by atoms with Gasteiger partial charge in [0.2, 0.25) is 5.91 Å². The van der Waals surface area contributed by atoms with Gasteiger partial charge in [-0.2, -0.15) is 13.2 Å². The van der Waals surface area contributed by atoms with Crippen molar-refractivity contribution in [3.8, 4) is 0 Å². The average molecular weight is 393 g/mol. The Kier molecular flexibility index (Phi) is 6.47. The van der Waals surface area contributed by atoms with E-state index < -0.39 is 37.1 Å². The smallest absolute Gasteiger partial charge is 0.405 e. The third-order valence-corrected chi connectivity index (χ3v) is 4.07. The third-order valence-electron chi connectivity index (χ3n) is 3.70. The molecule has 2 rings (SSSR count). The second-order valence-electron chi connectivity index (χ2n) is 5.77. The molecule has 2 amide bonds. The number of ether oxygens (including phenoxy) is 1. The zero-order chi connectivity index (χ0) is 19.3. The van der Waals surface area contributed by atoms with Gasteiger partial charge in [0.25, 0.3) is 5.91 Å². The number of nitrogens with one attached hydrogen (secondary N) is 1. The van der Waals surface area contributed by atoms with Crippen LogP contribution in [0.3, 0.4) is 0 Å². The molecule has 142 valence electrons. The fourth-order valence-electron chi connectivity index (χ4n) is 2.42. The number of hydrogen-bond donors (Lipinski definition) is 1. The van der Waals surface area contributed by atoms with E-state index in [4.69, 9.17) is 16.3 Å². The second kappa shape index (κ2) is 8.39. The number of amides is 2. The maximum absolute atomic E-state index is 12.0. The van der Waals surface area contributed by atoms with Gasteiger partial charge in [-0.3, -0.25) is 14.4 Å². The molecule has 0 unspecified atom stereocenters. The highest BCUT2D eigenvalue weighted by Crippen LogP contribution is 2.24. The monoisotopic (exact) mass is 392 g/mol. The minimum absolute atomic E-state index is 0.0898. The average Bonchev–Trinajstić information content (AvgIpc) is 2.93. The van der Waals surface area contributed by atoms with Crippen LogP contribution in [0.4, 0.5) is 13.2 Å². The number of halogens is 4. The summed E-state index contributed by atoms with van der Waals surface area (Å²) in [7, 11) is 0. The highest BCUT2D eigenvalue weighted by molar-refractivity contribution is 6.31. The molecule has 1 fully saturated rings. The van der Waals surface area contributed by atoms with Gasteiger partial charge >= 0.3 is 12.1 Å². The molecular weight excluding hydrogens is 377 g/mol. The molecule has 1 aliphatic rings. The number of carbonyl (C=O) groups is 3. The molecule has 1 aliphatic heterocycles. The Balaban J connectivity index is 1.81. The number of nitrogens with zero attached hydrogens (tertiary/aromatic N) is 1. The van der Waals surface area contributed by atoms with Gasteiger partial charge in [0.05, 0.1) is 5.92 Å². The van der Waals surface area contributed by atoms with Crippen molar-refractivity contribution in [1.29, 1.82) is 0 Å². The minimum Gasteiger partial charge on any atom is -0.455 e. The standard InChI is InChI=1S/C16H16ClF3N2O4/c17-12-4-2-1-3-10(12)6-22-7-11(5-14(22)24)15(25)26-8-13(23)21-9-16(18,19)20/h1-4,11H,5-9H2,(H,21,23)/t11-/m0/s1. The highest BCUT2D eigenvalue weighted by atomic mass is 35.5. The van der Waals surface area contributed by atoms with Crippen molar-refractivity contribution in [2.75, 3.05) is 19.7 Å². The first-order chi connectivity index (χ1) is 12.2. The van der Waals surface area contributed by atoms with Crippen LogP contribution in [0.15, 0.2) is 24.3 Å². The van der Waals surface area contributed by atoms with Gasteiger partial charge in [-0.05, 0) is 11.6 Å². The van der Waals surface area contributed by atoms with Crippen LogP contribution in [0.1, 0.15) is 12.0 Å². The molecule has 26 heavy (non-hydrogen) atoms. The van der Waals surface area contributed by atoms with E-state index in [1.165, 1.54) is 4.90 Å². The lowest BCUT2D eigenvalue weighted by atomic mass is 10.1. The van der Waals surface area contributed by atoms with Crippen LogP contribution in [0.25, 0.3) is 0 Å². The maximum Gasteiger partial charge on any atom is 0.405 e. The van der Waals surface area contributed by atoms with E-state index in [1.807, 2.05) is 0 Å². The number of carbonyl (C=O) groups excluding carboxylic acids is 3. The lowest BCUT2D eigenvalue weighted by Gasteiger charge is -2.17. The Labute approximate surface area is 152 Å². The van der Waals surface area contributed by atoms with E-state index in [0.29, 0.717) is 5.02 Å². The van der Waals surface area contributed by atoms with Crippen LogP contribution in [0.5, 0.6) is 0 Å².